The summed E-state index contributed by atoms with van der Waals surface area (Å²) in [5.41, 5.74) is 2.17. The zero-order valence-electron chi connectivity index (χ0n) is 13.0. The fourth-order valence-electron chi connectivity index (χ4n) is 2.23. The van der Waals surface area contributed by atoms with Gasteiger partial charge in [0.05, 0.1) is 11.6 Å². The molecule has 1 atom stereocenters. The molecule has 114 valence electrons. The second kappa shape index (κ2) is 7.58. The zero-order chi connectivity index (χ0) is 16.0. The van der Waals surface area contributed by atoms with Crippen LogP contribution in [0.5, 0.6) is 0 Å². The highest BCUT2D eigenvalue weighted by Gasteiger charge is 2.22. The number of nitriles is 1. The summed E-state index contributed by atoms with van der Waals surface area (Å²) in [6.45, 7) is 7.88. The maximum absolute atomic E-state index is 11.2. The Balaban J connectivity index is 3.04. The van der Waals surface area contributed by atoms with Crippen molar-refractivity contribution in [3.8, 4) is 6.07 Å². The molecule has 21 heavy (non-hydrogen) atoms. The molecule has 1 rings (SSSR count). The number of aromatic nitrogens is 2. The highest BCUT2D eigenvalue weighted by Crippen LogP contribution is 2.21. The van der Waals surface area contributed by atoms with E-state index in [2.05, 4.69) is 21.6 Å². The van der Waals surface area contributed by atoms with Crippen LogP contribution in [0.15, 0.2) is 0 Å². The number of rotatable bonds is 7. The van der Waals surface area contributed by atoms with Crippen molar-refractivity contribution >= 4 is 11.8 Å². The molecule has 1 heterocycles. The van der Waals surface area contributed by atoms with Crippen molar-refractivity contribution < 1.29 is 9.90 Å². The van der Waals surface area contributed by atoms with E-state index in [1.54, 1.807) is 0 Å². The lowest BCUT2D eigenvalue weighted by molar-refractivity contribution is -0.142. The molecule has 0 bridgehead atoms. The molecule has 0 aliphatic heterocycles. The summed E-state index contributed by atoms with van der Waals surface area (Å²) in [5.74, 6) is -1.02. The summed E-state index contributed by atoms with van der Waals surface area (Å²) < 4.78 is 0. The molecule has 0 spiro atoms. The van der Waals surface area contributed by atoms with Gasteiger partial charge in [-0.15, -0.1) is 5.10 Å². The highest BCUT2D eigenvalue weighted by molar-refractivity contribution is 5.71. The molecule has 6 nitrogen and oxygen atoms in total. The number of anilines is 1. The SMILES string of the molecule is CCc1nnc(NCC(C(=O)O)C(C)C)c(C#N)c1CC. The van der Waals surface area contributed by atoms with Gasteiger partial charge in [-0.25, -0.2) is 0 Å². The van der Waals surface area contributed by atoms with E-state index in [1.165, 1.54) is 0 Å². The van der Waals surface area contributed by atoms with Crippen molar-refractivity contribution in [3.63, 3.8) is 0 Å². The molecular weight excluding hydrogens is 268 g/mol. The lowest BCUT2D eigenvalue weighted by Gasteiger charge is -2.18. The van der Waals surface area contributed by atoms with E-state index in [9.17, 15) is 15.2 Å². The van der Waals surface area contributed by atoms with Gasteiger partial charge in [0, 0.05) is 6.54 Å². The number of hydrogen-bond acceptors (Lipinski definition) is 5. The van der Waals surface area contributed by atoms with E-state index in [-0.39, 0.29) is 12.5 Å². The number of carboxylic acids is 1. The Morgan fingerprint density at radius 1 is 1.33 bits per heavy atom. The standard InChI is InChI=1S/C15H22N4O2/c1-5-10-11(7-16)14(19-18-13(10)6-2)17-8-12(9(3)4)15(20)21/h9,12H,5-6,8H2,1-4H3,(H,17,19)(H,20,21). The van der Waals surface area contributed by atoms with E-state index in [0.29, 0.717) is 17.8 Å². The van der Waals surface area contributed by atoms with Crippen LogP contribution in [-0.2, 0) is 17.6 Å². The van der Waals surface area contributed by atoms with Crippen LogP contribution in [0.2, 0.25) is 0 Å². The van der Waals surface area contributed by atoms with Gasteiger partial charge in [-0.2, -0.15) is 10.4 Å². The van der Waals surface area contributed by atoms with Crippen molar-refractivity contribution in [1.29, 1.82) is 5.26 Å². The van der Waals surface area contributed by atoms with Crippen LogP contribution in [0.1, 0.15) is 44.5 Å². The molecular formula is C15H22N4O2. The molecule has 1 aromatic rings. The van der Waals surface area contributed by atoms with Gasteiger partial charge in [0.1, 0.15) is 11.6 Å². The first-order valence-electron chi connectivity index (χ1n) is 7.21. The van der Waals surface area contributed by atoms with Gasteiger partial charge in [-0.1, -0.05) is 27.7 Å². The maximum atomic E-state index is 11.2. The minimum atomic E-state index is -0.857. The third-order valence-electron chi connectivity index (χ3n) is 3.57. The molecule has 0 fully saturated rings. The molecule has 0 amide bonds. The van der Waals surface area contributed by atoms with Crippen LogP contribution in [0.3, 0.4) is 0 Å². The van der Waals surface area contributed by atoms with Crippen LogP contribution >= 0.6 is 0 Å². The van der Waals surface area contributed by atoms with Crippen molar-refractivity contribution in [1.82, 2.24) is 10.2 Å². The summed E-state index contributed by atoms with van der Waals surface area (Å²) in [4.78, 5) is 11.2. The Bertz CT molecular complexity index is 549. The van der Waals surface area contributed by atoms with Gasteiger partial charge in [-0.3, -0.25) is 4.79 Å². The second-order valence-corrected chi connectivity index (χ2v) is 5.24. The minimum absolute atomic E-state index is 0.00550. The summed E-state index contributed by atoms with van der Waals surface area (Å²) in [6, 6.07) is 2.16. The molecule has 0 saturated heterocycles. The zero-order valence-corrected chi connectivity index (χ0v) is 13.0. The molecule has 0 radical (unpaired) electrons. The Morgan fingerprint density at radius 2 is 2.00 bits per heavy atom. The molecule has 2 N–H and O–H groups in total. The maximum Gasteiger partial charge on any atom is 0.308 e. The largest absolute Gasteiger partial charge is 0.481 e. The van der Waals surface area contributed by atoms with Gasteiger partial charge in [0.25, 0.3) is 0 Å². The first-order chi connectivity index (χ1) is 9.96. The number of nitrogens with one attached hydrogen (secondary N) is 1. The third-order valence-corrected chi connectivity index (χ3v) is 3.57. The first kappa shape index (κ1) is 16.9. The van der Waals surface area contributed by atoms with Crippen LogP contribution in [0.25, 0.3) is 0 Å². The predicted octanol–water partition coefficient (Wildman–Crippen LogP) is 2.24. The Hall–Kier alpha value is -2.16. The van der Waals surface area contributed by atoms with Crippen molar-refractivity contribution in [2.24, 2.45) is 11.8 Å². The van der Waals surface area contributed by atoms with E-state index in [0.717, 1.165) is 17.7 Å². The summed E-state index contributed by atoms with van der Waals surface area (Å²) in [6.07, 6.45) is 1.41. The van der Waals surface area contributed by atoms with Gasteiger partial charge in [0.15, 0.2) is 5.82 Å². The van der Waals surface area contributed by atoms with Crippen LogP contribution in [-0.4, -0.2) is 27.8 Å². The van der Waals surface area contributed by atoms with Gasteiger partial charge in [0.2, 0.25) is 0 Å². The minimum Gasteiger partial charge on any atom is -0.481 e. The van der Waals surface area contributed by atoms with Crippen LogP contribution < -0.4 is 5.32 Å². The molecule has 6 heteroatoms. The summed E-state index contributed by atoms with van der Waals surface area (Å²) in [5, 5.41) is 29.7. The lowest BCUT2D eigenvalue weighted by atomic mass is 9.96. The number of carboxylic acid groups (broad SMARTS) is 1. The van der Waals surface area contributed by atoms with Crippen LogP contribution in [0.4, 0.5) is 5.82 Å². The molecule has 0 aliphatic rings. The predicted molar refractivity (Wildman–Crippen MR) is 80.0 cm³/mol. The van der Waals surface area contributed by atoms with Gasteiger partial charge >= 0.3 is 5.97 Å². The number of nitrogens with zero attached hydrogens (tertiary/aromatic N) is 3. The van der Waals surface area contributed by atoms with Gasteiger partial charge < -0.3 is 10.4 Å². The number of carbonyl (C=O) groups is 1. The summed E-state index contributed by atoms with van der Waals surface area (Å²) >= 11 is 0. The third kappa shape index (κ3) is 3.91. The van der Waals surface area contributed by atoms with E-state index in [1.807, 2.05) is 27.7 Å². The quantitative estimate of drug-likeness (QED) is 0.799. The number of aryl methyl sites for hydroxylation is 1. The topological polar surface area (TPSA) is 98.9 Å². The monoisotopic (exact) mass is 290 g/mol. The number of hydrogen-bond donors (Lipinski definition) is 2. The van der Waals surface area contributed by atoms with Crippen LogP contribution in [0, 0.1) is 23.2 Å². The van der Waals surface area contributed by atoms with E-state index >= 15 is 0 Å². The van der Waals surface area contributed by atoms with E-state index in [4.69, 9.17) is 0 Å². The Labute approximate surface area is 125 Å². The smallest absolute Gasteiger partial charge is 0.308 e. The molecule has 1 aromatic heterocycles. The van der Waals surface area contributed by atoms with Crippen molar-refractivity contribution in [2.75, 3.05) is 11.9 Å². The average molecular weight is 290 g/mol. The molecule has 1 unspecified atom stereocenters. The second-order valence-electron chi connectivity index (χ2n) is 5.24. The Kier molecular flexibility index (Phi) is 6.10. The molecule has 0 aliphatic carbocycles. The Morgan fingerprint density at radius 3 is 2.43 bits per heavy atom. The fourth-order valence-corrected chi connectivity index (χ4v) is 2.23. The average Bonchev–Trinajstić information content (AvgIpc) is 2.45. The normalized spacial score (nSPS) is 12.0. The lowest BCUT2D eigenvalue weighted by Crippen LogP contribution is -2.28. The van der Waals surface area contributed by atoms with E-state index < -0.39 is 11.9 Å². The van der Waals surface area contributed by atoms with Crippen molar-refractivity contribution in [3.05, 3.63) is 16.8 Å². The number of aliphatic carboxylic acids is 1. The van der Waals surface area contributed by atoms with Gasteiger partial charge in [-0.05, 0) is 24.3 Å². The summed E-state index contributed by atoms with van der Waals surface area (Å²) in [7, 11) is 0. The highest BCUT2D eigenvalue weighted by atomic mass is 16.4. The molecule has 0 aromatic carbocycles. The first-order valence-corrected chi connectivity index (χ1v) is 7.21. The van der Waals surface area contributed by atoms with Crippen molar-refractivity contribution in [2.45, 2.75) is 40.5 Å². The fraction of sp³-hybridized carbons (Fsp3) is 0.600. The molecule has 0 saturated carbocycles.